The molecule has 0 spiro atoms. The van der Waals surface area contributed by atoms with Gasteiger partial charge in [-0.2, -0.15) is 0 Å². The highest BCUT2D eigenvalue weighted by molar-refractivity contribution is 5.47. The van der Waals surface area contributed by atoms with Gasteiger partial charge < -0.3 is 10.6 Å². The Balaban J connectivity index is 2.19. The maximum absolute atomic E-state index is 5.70. The first-order chi connectivity index (χ1) is 7.36. The van der Waals surface area contributed by atoms with E-state index in [1.807, 2.05) is 0 Å². The Morgan fingerprint density at radius 2 is 2.27 bits per heavy atom. The van der Waals surface area contributed by atoms with Crippen LogP contribution in [0.1, 0.15) is 25.5 Å². The molecule has 1 atom stereocenters. The summed E-state index contributed by atoms with van der Waals surface area (Å²) in [6.45, 7) is 3.94. The first kappa shape index (κ1) is 10.4. The molecule has 2 N–H and O–H groups in total. The normalized spacial score (nSPS) is 20.1. The van der Waals surface area contributed by atoms with Crippen LogP contribution in [0.25, 0.3) is 0 Å². The summed E-state index contributed by atoms with van der Waals surface area (Å²) in [6, 6.07) is 0.470. The number of hydrogen-bond acceptors (Lipinski definition) is 4. The van der Waals surface area contributed by atoms with E-state index in [1.165, 1.54) is 6.42 Å². The molecule has 0 saturated carbocycles. The summed E-state index contributed by atoms with van der Waals surface area (Å²) >= 11 is 0. The van der Waals surface area contributed by atoms with Gasteiger partial charge in [-0.15, -0.1) is 0 Å². The molecule has 1 fully saturated rings. The van der Waals surface area contributed by atoms with Crippen LogP contribution in [-0.4, -0.2) is 29.1 Å². The van der Waals surface area contributed by atoms with Crippen LogP contribution < -0.4 is 10.6 Å². The molecule has 4 heteroatoms. The van der Waals surface area contributed by atoms with Crippen LogP contribution in [0.2, 0.25) is 0 Å². The Morgan fingerprint density at radius 3 is 2.87 bits per heavy atom. The van der Waals surface area contributed by atoms with Gasteiger partial charge in [0.05, 0.1) is 5.69 Å². The zero-order valence-corrected chi connectivity index (χ0v) is 9.19. The van der Waals surface area contributed by atoms with Crippen LogP contribution in [0.15, 0.2) is 12.4 Å². The Labute approximate surface area is 90.5 Å². The first-order valence-corrected chi connectivity index (χ1v) is 5.63. The van der Waals surface area contributed by atoms with Crippen molar-refractivity contribution in [1.82, 2.24) is 9.97 Å². The average molecular weight is 206 g/mol. The molecule has 1 aliphatic rings. The van der Waals surface area contributed by atoms with Crippen LogP contribution >= 0.6 is 0 Å². The number of anilines is 1. The van der Waals surface area contributed by atoms with E-state index in [1.54, 1.807) is 12.4 Å². The molecular formula is C11H18N4. The second-order valence-electron chi connectivity index (χ2n) is 3.95. The topological polar surface area (TPSA) is 55.0 Å². The van der Waals surface area contributed by atoms with Crippen molar-refractivity contribution in [2.24, 2.45) is 5.73 Å². The number of aryl methyl sites for hydroxylation is 1. The Bertz CT molecular complexity index is 324. The Hall–Kier alpha value is -1.16. The van der Waals surface area contributed by atoms with Crippen molar-refractivity contribution >= 4 is 5.82 Å². The standard InChI is InChI=1S/C11H18N4/c1-2-3-10-11(14-6-5-13-10)15-7-4-9(15)8-12/h5-6,9H,2-4,7-8,12H2,1H3. The third-order valence-corrected chi connectivity index (χ3v) is 2.93. The zero-order chi connectivity index (χ0) is 10.7. The van der Waals surface area contributed by atoms with Crippen molar-refractivity contribution < 1.29 is 0 Å². The molecule has 0 amide bonds. The van der Waals surface area contributed by atoms with Gasteiger partial charge in [-0.25, -0.2) is 4.98 Å². The van der Waals surface area contributed by atoms with Crippen molar-refractivity contribution in [2.45, 2.75) is 32.2 Å². The molecule has 1 saturated heterocycles. The van der Waals surface area contributed by atoms with Crippen LogP contribution in [0.3, 0.4) is 0 Å². The van der Waals surface area contributed by atoms with Gasteiger partial charge in [-0.1, -0.05) is 13.3 Å². The number of rotatable bonds is 4. The van der Waals surface area contributed by atoms with Crippen molar-refractivity contribution in [1.29, 1.82) is 0 Å². The number of nitrogens with zero attached hydrogens (tertiary/aromatic N) is 3. The predicted octanol–water partition coefficient (Wildman–Crippen LogP) is 0.966. The molecule has 4 nitrogen and oxygen atoms in total. The molecule has 0 radical (unpaired) electrons. The lowest BCUT2D eigenvalue weighted by Gasteiger charge is -2.41. The zero-order valence-electron chi connectivity index (χ0n) is 9.19. The van der Waals surface area contributed by atoms with Crippen LogP contribution in [0.4, 0.5) is 5.82 Å². The molecule has 1 aliphatic heterocycles. The van der Waals surface area contributed by atoms with Crippen LogP contribution in [-0.2, 0) is 6.42 Å². The van der Waals surface area contributed by atoms with Gasteiger partial charge in [0.1, 0.15) is 0 Å². The highest BCUT2D eigenvalue weighted by Crippen LogP contribution is 2.26. The summed E-state index contributed by atoms with van der Waals surface area (Å²) in [4.78, 5) is 11.1. The molecule has 82 valence electrons. The Kier molecular flexibility index (Phi) is 3.16. The monoisotopic (exact) mass is 206 g/mol. The molecule has 0 aromatic carbocycles. The minimum Gasteiger partial charge on any atom is -0.351 e. The summed E-state index contributed by atoms with van der Waals surface area (Å²) in [5, 5.41) is 0. The molecule has 1 unspecified atom stereocenters. The van der Waals surface area contributed by atoms with Gasteiger partial charge in [0.15, 0.2) is 5.82 Å². The van der Waals surface area contributed by atoms with Gasteiger partial charge in [0, 0.05) is 31.5 Å². The lowest BCUT2D eigenvalue weighted by molar-refractivity contribution is 0.449. The van der Waals surface area contributed by atoms with Gasteiger partial charge in [0.25, 0.3) is 0 Å². The minimum atomic E-state index is 0.470. The largest absolute Gasteiger partial charge is 0.351 e. The maximum Gasteiger partial charge on any atom is 0.150 e. The number of aromatic nitrogens is 2. The van der Waals surface area contributed by atoms with Gasteiger partial charge in [0.2, 0.25) is 0 Å². The molecule has 15 heavy (non-hydrogen) atoms. The van der Waals surface area contributed by atoms with E-state index in [0.29, 0.717) is 12.6 Å². The summed E-state index contributed by atoms with van der Waals surface area (Å²) in [6.07, 6.45) is 6.81. The van der Waals surface area contributed by atoms with Crippen molar-refractivity contribution in [3.05, 3.63) is 18.1 Å². The number of nitrogens with two attached hydrogens (primary N) is 1. The second-order valence-corrected chi connectivity index (χ2v) is 3.95. The quantitative estimate of drug-likeness (QED) is 0.797. The summed E-state index contributed by atoms with van der Waals surface area (Å²) in [5.41, 5.74) is 6.81. The van der Waals surface area contributed by atoms with E-state index in [-0.39, 0.29) is 0 Å². The SMILES string of the molecule is CCCc1nccnc1N1CCC1CN. The minimum absolute atomic E-state index is 0.470. The van der Waals surface area contributed by atoms with Crippen LogP contribution in [0, 0.1) is 0 Å². The third-order valence-electron chi connectivity index (χ3n) is 2.93. The molecule has 0 aliphatic carbocycles. The molecule has 1 aromatic rings. The van der Waals surface area contributed by atoms with E-state index >= 15 is 0 Å². The second kappa shape index (κ2) is 4.57. The first-order valence-electron chi connectivity index (χ1n) is 5.63. The Morgan fingerprint density at radius 1 is 1.47 bits per heavy atom. The van der Waals surface area contributed by atoms with Crippen LogP contribution in [0.5, 0.6) is 0 Å². The highest BCUT2D eigenvalue weighted by atomic mass is 15.3. The van der Waals surface area contributed by atoms with E-state index in [9.17, 15) is 0 Å². The fourth-order valence-electron chi connectivity index (χ4n) is 1.98. The summed E-state index contributed by atoms with van der Waals surface area (Å²) in [7, 11) is 0. The predicted molar refractivity (Wildman–Crippen MR) is 60.8 cm³/mol. The fraction of sp³-hybridized carbons (Fsp3) is 0.636. The summed E-state index contributed by atoms with van der Waals surface area (Å²) in [5.74, 6) is 1.04. The third kappa shape index (κ3) is 1.95. The molecular weight excluding hydrogens is 188 g/mol. The lowest BCUT2D eigenvalue weighted by Crippen LogP contribution is -2.52. The highest BCUT2D eigenvalue weighted by Gasteiger charge is 2.29. The van der Waals surface area contributed by atoms with E-state index in [4.69, 9.17) is 5.73 Å². The maximum atomic E-state index is 5.70. The van der Waals surface area contributed by atoms with Crippen molar-refractivity contribution in [3.63, 3.8) is 0 Å². The number of hydrogen-bond donors (Lipinski definition) is 1. The molecule has 2 heterocycles. The summed E-state index contributed by atoms with van der Waals surface area (Å²) < 4.78 is 0. The molecule has 1 aromatic heterocycles. The van der Waals surface area contributed by atoms with E-state index in [0.717, 1.165) is 30.9 Å². The van der Waals surface area contributed by atoms with Crippen molar-refractivity contribution in [3.8, 4) is 0 Å². The lowest BCUT2D eigenvalue weighted by atomic mass is 10.0. The van der Waals surface area contributed by atoms with Gasteiger partial charge in [-0.05, 0) is 12.8 Å². The molecule has 0 bridgehead atoms. The smallest absolute Gasteiger partial charge is 0.150 e. The molecule has 2 rings (SSSR count). The van der Waals surface area contributed by atoms with Gasteiger partial charge >= 0.3 is 0 Å². The van der Waals surface area contributed by atoms with E-state index in [2.05, 4.69) is 21.8 Å². The van der Waals surface area contributed by atoms with Gasteiger partial charge in [-0.3, -0.25) is 4.98 Å². The van der Waals surface area contributed by atoms with E-state index < -0.39 is 0 Å². The fourth-order valence-corrected chi connectivity index (χ4v) is 1.98. The van der Waals surface area contributed by atoms with Crippen molar-refractivity contribution in [2.75, 3.05) is 18.0 Å². The average Bonchev–Trinajstić information content (AvgIpc) is 2.20.